The van der Waals surface area contributed by atoms with E-state index in [0.717, 1.165) is 15.3 Å². The molecule has 0 aliphatic carbocycles. The highest BCUT2D eigenvalue weighted by Crippen LogP contribution is 2.33. The van der Waals surface area contributed by atoms with Gasteiger partial charge in [-0.3, -0.25) is 9.48 Å². The molecule has 2 aromatic heterocycles. The van der Waals surface area contributed by atoms with E-state index in [9.17, 15) is 4.79 Å². The largest absolute Gasteiger partial charge is 0.493 e. The fourth-order valence-corrected chi connectivity index (χ4v) is 4.42. The third-order valence-corrected chi connectivity index (χ3v) is 6.05. The number of aryl methyl sites for hydroxylation is 2. The predicted octanol–water partition coefficient (Wildman–Crippen LogP) is 5.13. The van der Waals surface area contributed by atoms with Gasteiger partial charge in [-0.1, -0.05) is 42.1 Å². The minimum Gasteiger partial charge on any atom is -0.493 e. The number of benzene rings is 2. The molecule has 0 unspecified atom stereocenters. The smallest absolute Gasteiger partial charge is 0.256 e. The number of nitrogens with zero attached hydrogens (tertiary/aromatic N) is 2. The molecule has 2 aromatic carbocycles. The maximum atomic E-state index is 13.2. The Morgan fingerprint density at radius 1 is 1.20 bits per heavy atom. The maximum absolute atomic E-state index is 13.2. The molecule has 0 aliphatic rings. The van der Waals surface area contributed by atoms with E-state index in [1.807, 2.05) is 75.5 Å². The Labute approximate surface area is 179 Å². The van der Waals surface area contributed by atoms with Gasteiger partial charge in [-0.15, -0.1) is 0 Å². The molecular formula is C23H23N3O3S. The van der Waals surface area contributed by atoms with Crippen molar-refractivity contribution in [2.75, 3.05) is 7.11 Å². The van der Waals surface area contributed by atoms with Crippen LogP contribution in [0.1, 0.15) is 34.8 Å². The number of aromatic nitrogens is 2. The highest BCUT2D eigenvalue weighted by molar-refractivity contribution is 7.99. The van der Waals surface area contributed by atoms with Crippen LogP contribution in [-0.2, 0) is 7.05 Å². The molecule has 154 valence electrons. The lowest BCUT2D eigenvalue weighted by Crippen LogP contribution is -2.27. The fourth-order valence-electron chi connectivity index (χ4n) is 3.39. The van der Waals surface area contributed by atoms with Gasteiger partial charge in [0.15, 0.2) is 11.3 Å². The number of nitrogens with one attached hydrogen (secondary N) is 1. The second-order valence-corrected chi connectivity index (χ2v) is 8.09. The van der Waals surface area contributed by atoms with Gasteiger partial charge in [0.05, 0.1) is 24.4 Å². The Morgan fingerprint density at radius 3 is 2.70 bits per heavy atom. The molecule has 0 fully saturated rings. The summed E-state index contributed by atoms with van der Waals surface area (Å²) in [4.78, 5) is 14.2. The number of rotatable bonds is 6. The summed E-state index contributed by atoms with van der Waals surface area (Å²) in [7, 11) is 3.46. The first-order valence-electron chi connectivity index (χ1n) is 9.61. The number of amides is 1. The van der Waals surface area contributed by atoms with Crippen molar-refractivity contribution in [2.45, 2.75) is 29.8 Å². The van der Waals surface area contributed by atoms with Crippen LogP contribution in [0.4, 0.5) is 0 Å². The Hall–Kier alpha value is -3.19. The number of furan rings is 1. The maximum Gasteiger partial charge on any atom is 0.256 e. The van der Waals surface area contributed by atoms with Crippen molar-refractivity contribution >= 4 is 28.6 Å². The van der Waals surface area contributed by atoms with E-state index in [2.05, 4.69) is 10.4 Å². The standard InChI is InChI=1S/C23H23N3O3S/c1-14(19-13-16-9-8-12-18(28-4)21(16)29-19)24-22(27)20-15(2)25-26(3)23(20)30-17-10-6-5-7-11-17/h5-14H,1-4H3,(H,24,27)/t14-/m0/s1. The summed E-state index contributed by atoms with van der Waals surface area (Å²) in [5.74, 6) is 1.16. The van der Waals surface area contributed by atoms with Crippen LogP contribution in [0.2, 0.25) is 0 Å². The predicted molar refractivity (Wildman–Crippen MR) is 117 cm³/mol. The average Bonchev–Trinajstić information content (AvgIpc) is 3.29. The van der Waals surface area contributed by atoms with Crippen LogP contribution < -0.4 is 10.1 Å². The molecule has 0 radical (unpaired) electrons. The molecule has 0 bridgehead atoms. The summed E-state index contributed by atoms with van der Waals surface area (Å²) < 4.78 is 13.1. The minimum absolute atomic E-state index is 0.182. The molecule has 4 aromatic rings. The van der Waals surface area contributed by atoms with E-state index in [-0.39, 0.29) is 11.9 Å². The normalized spacial score (nSPS) is 12.1. The van der Waals surface area contributed by atoms with Crippen molar-refractivity contribution < 1.29 is 13.9 Å². The molecule has 0 aliphatic heterocycles. The Morgan fingerprint density at radius 2 is 1.97 bits per heavy atom. The summed E-state index contributed by atoms with van der Waals surface area (Å²) in [5.41, 5.74) is 1.94. The van der Waals surface area contributed by atoms with Crippen LogP contribution in [0.15, 0.2) is 68.9 Å². The third kappa shape index (κ3) is 3.80. The summed E-state index contributed by atoms with van der Waals surface area (Å²) in [5, 5.41) is 9.25. The molecule has 1 N–H and O–H groups in total. The molecule has 0 saturated heterocycles. The van der Waals surface area contributed by atoms with Crippen LogP contribution in [0.5, 0.6) is 5.75 Å². The SMILES string of the molecule is COc1cccc2cc([C@H](C)NC(=O)c3c(C)nn(C)c3Sc3ccccc3)oc12. The van der Waals surface area contributed by atoms with Crippen LogP contribution in [0.3, 0.4) is 0 Å². The van der Waals surface area contributed by atoms with Gasteiger partial charge in [-0.05, 0) is 38.1 Å². The topological polar surface area (TPSA) is 69.3 Å². The van der Waals surface area contributed by atoms with Gasteiger partial charge in [0, 0.05) is 17.3 Å². The molecule has 7 heteroatoms. The molecular weight excluding hydrogens is 398 g/mol. The number of fused-ring (bicyclic) bond motifs is 1. The number of para-hydroxylation sites is 1. The van der Waals surface area contributed by atoms with Gasteiger partial charge in [0.1, 0.15) is 10.8 Å². The van der Waals surface area contributed by atoms with Crippen LogP contribution in [-0.4, -0.2) is 22.8 Å². The molecule has 4 rings (SSSR count). The van der Waals surface area contributed by atoms with Crippen molar-refractivity contribution in [3.05, 3.63) is 71.6 Å². The van der Waals surface area contributed by atoms with E-state index in [0.29, 0.717) is 28.4 Å². The quantitative estimate of drug-likeness (QED) is 0.468. The van der Waals surface area contributed by atoms with E-state index in [1.165, 1.54) is 11.8 Å². The monoisotopic (exact) mass is 421 g/mol. The van der Waals surface area contributed by atoms with Crippen molar-refractivity contribution in [2.24, 2.45) is 7.05 Å². The first-order chi connectivity index (χ1) is 14.5. The fraction of sp³-hybridized carbons (Fsp3) is 0.217. The molecule has 0 spiro atoms. The number of hydrogen-bond donors (Lipinski definition) is 1. The molecule has 30 heavy (non-hydrogen) atoms. The van der Waals surface area contributed by atoms with Crippen molar-refractivity contribution in [3.8, 4) is 5.75 Å². The van der Waals surface area contributed by atoms with Gasteiger partial charge in [0.2, 0.25) is 0 Å². The zero-order valence-electron chi connectivity index (χ0n) is 17.3. The third-order valence-electron chi connectivity index (χ3n) is 4.88. The molecule has 6 nitrogen and oxygen atoms in total. The van der Waals surface area contributed by atoms with E-state index < -0.39 is 0 Å². The molecule has 0 saturated carbocycles. The number of carbonyl (C=O) groups excluding carboxylic acids is 1. The second-order valence-electron chi connectivity index (χ2n) is 7.03. The summed E-state index contributed by atoms with van der Waals surface area (Å²) >= 11 is 1.52. The van der Waals surface area contributed by atoms with Gasteiger partial charge in [0.25, 0.3) is 5.91 Å². The lowest BCUT2D eigenvalue weighted by Gasteiger charge is -2.12. The van der Waals surface area contributed by atoms with Gasteiger partial charge in [-0.2, -0.15) is 5.10 Å². The summed E-state index contributed by atoms with van der Waals surface area (Å²) in [6.45, 7) is 3.75. The zero-order chi connectivity index (χ0) is 21.3. The Balaban J connectivity index is 1.60. The average molecular weight is 422 g/mol. The van der Waals surface area contributed by atoms with E-state index in [4.69, 9.17) is 9.15 Å². The van der Waals surface area contributed by atoms with Gasteiger partial charge < -0.3 is 14.5 Å². The van der Waals surface area contributed by atoms with Crippen molar-refractivity contribution in [1.29, 1.82) is 0 Å². The number of ether oxygens (including phenoxy) is 1. The summed E-state index contributed by atoms with van der Waals surface area (Å²) in [6.07, 6.45) is 0. The number of carbonyl (C=O) groups is 1. The number of hydrogen-bond acceptors (Lipinski definition) is 5. The van der Waals surface area contributed by atoms with Crippen molar-refractivity contribution in [3.63, 3.8) is 0 Å². The highest BCUT2D eigenvalue weighted by atomic mass is 32.2. The first kappa shape index (κ1) is 20.1. The van der Waals surface area contributed by atoms with E-state index in [1.54, 1.807) is 11.8 Å². The van der Waals surface area contributed by atoms with E-state index >= 15 is 0 Å². The summed E-state index contributed by atoms with van der Waals surface area (Å²) in [6, 6.07) is 17.3. The first-order valence-corrected chi connectivity index (χ1v) is 10.4. The highest BCUT2D eigenvalue weighted by Gasteiger charge is 2.24. The second kappa shape index (κ2) is 8.28. The number of methoxy groups -OCH3 is 1. The van der Waals surface area contributed by atoms with Gasteiger partial charge >= 0.3 is 0 Å². The van der Waals surface area contributed by atoms with Crippen LogP contribution in [0.25, 0.3) is 11.0 Å². The molecule has 1 atom stereocenters. The lowest BCUT2D eigenvalue weighted by atomic mass is 10.2. The minimum atomic E-state index is -0.316. The Kier molecular flexibility index (Phi) is 5.55. The lowest BCUT2D eigenvalue weighted by molar-refractivity contribution is 0.0931. The molecule has 2 heterocycles. The Bertz CT molecular complexity index is 1200. The zero-order valence-corrected chi connectivity index (χ0v) is 18.1. The van der Waals surface area contributed by atoms with Crippen LogP contribution in [0, 0.1) is 6.92 Å². The molecule has 1 amide bonds. The van der Waals surface area contributed by atoms with Crippen LogP contribution >= 0.6 is 11.8 Å². The van der Waals surface area contributed by atoms with Gasteiger partial charge in [-0.25, -0.2) is 0 Å². The van der Waals surface area contributed by atoms with Crippen molar-refractivity contribution in [1.82, 2.24) is 15.1 Å².